The maximum Gasteiger partial charge on any atom is 0.363 e. The maximum atomic E-state index is 12.6. The SMILES string of the molecule is COC(=O)C1(C(=O)OC(C)(C)C)Cc2cc(/C=C/C(=O)O)ccc2O1. The third-order valence-electron chi connectivity index (χ3n) is 3.47. The molecule has 0 saturated carbocycles. The summed E-state index contributed by atoms with van der Waals surface area (Å²) >= 11 is 0. The highest BCUT2D eigenvalue weighted by Crippen LogP contribution is 2.38. The van der Waals surface area contributed by atoms with E-state index in [1.165, 1.54) is 13.2 Å². The molecule has 1 aromatic carbocycles. The molecule has 7 nitrogen and oxygen atoms in total. The number of carboxylic acids is 1. The van der Waals surface area contributed by atoms with Gasteiger partial charge in [-0.2, -0.15) is 0 Å². The van der Waals surface area contributed by atoms with Crippen molar-refractivity contribution in [3.8, 4) is 5.75 Å². The Morgan fingerprint density at radius 2 is 1.92 bits per heavy atom. The van der Waals surface area contributed by atoms with E-state index in [-0.39, 0.29) is 6.42 Å². The Kier molecular flexibility index (Phi) is 4.87. The third-order valence-corrected chi connectivity index (χ3v) is 3.47. The highest BCUT2D eigenvalue weighted by atomic mass is 16.6. The third kappa shape index (κ3) is 3.99. The van der Waals surface area contributed by atoms with E-state index in [0.29, 0.717) is 16.9 Å². The Morgan fingerprint density at radius 3 is 2.48 bits per heavy atom. The molecule has 1 aromatic rings. The molecule has 0 radical (unpaired) electrons. The van der Waals surface area contributed by atoms with Crippen molar-refractivity contribution in [3.05, 3.63) is 35.4 Å². The van der Waals surface area contributed by atoms with Crippen molar-refractivity contribution in [1.82, 2.24) is 0 Å². The zero-order valence-electron chi connectivity index (χ0n) is 14.5. The monoisotopic (exact) mass is 348 g/mol. The van der Waals surface area contributed by atoms with E-state index < -0.39 is 29.1 Å². The lowest BCUT2D eigenvalue weighted by molar-refractivity contribution is -0.184. The second-order valence-electron chi connectivity index (χ2n) is 6.64. The minimum atomic E-state index is -1.90. The van der Waals surface area contributed by atoms with Gasteiger partial charge in [0.15, 0.2) is 0 Å². The zero-order valence-corrected chi connectivity index (χ0v) is 14.5. The zero-order chi connectivity index (χ0) is 18.8. The van der Waals surface area contributed by atoms with Gasteiger partial charge >= 0.3 is 23.5 Å². The summed E-state index contributed by atoms with van der Waals surface area (Å²) < 4.78 is 15.7. The first-order chi connectivity index (χ1) is 11.6. The van der Waals surface area contributed by atoms with Gasteiger partial charge in [0.2, 0.25) is 0 Å². The lowest BCUT2D eigenvalue weighted by Crippen LogP contribution is -2.54. The van der Waals surface area contributed by atoms with Crippen LogP contribution in [0.4, 0.5) is 0 Å². The standard InChI is InChI=1S/C18H20O7/c1-17(2,3)25-16(22)18(15(21)23-4)10-12-9-11(6-8-14(19)20)5-7-13(12)24-18/h5-9H,10H2,1-4H3,(H,19,20)/b8-6+. The van der Waals surface area contributed by atoms with Crippen LogP contribution in [0.5, 0.6) is 5.75 Å². The summed E-state index contributed by atoms with van der Waals surface area (Å²) in [6.07, 6.45) is 2.35. The first-order valence-corrected chi connectivity index (χ1v) is 7.62. The summed E-state index contributed by atoms with van der Waals surface area (Å²) in [4.78, 5) is 35.5. The topological polar surface area (TPSA) is 99.1 Å². The van der Waals surface area contributed by atoms with Gasteiger partial charge in [-0.15, -0.1) is 0 Å². The number of benzene rings is 1. The van der Waals surface area contributed by atoms with E-state index >= 15 is 0 Å². The van der Waals surface area contributed by atoms with Crippen molar-refractivity contribution in [1.29, 1.82) is 0 Å². The van der Waals surface area contributed by atoms with Gasteiger partial charge in [0.25, 0.3) is 0 Å². The van der Waals surface area contributed by atoms with Gasteiger partial charge in [0.05, 0.1) is 7.11 Å². The molecule has 7 heteroatoms. The molecular formula is C18H20O7. The minimum absolute atomic E-state index is 0.0569. The fourth-order valence-corrected chi connectivity index (χ4v) is 2.44. The molecule has 0 spiro atoms. The Bertz CT molecular complexity index is 742. The molecule has 1 heterocycles. The quantitative estimate of drug-likeness (QED) is 0.504. The van der Waals surface area contributed by atoms with Crippen molar-refractivity contribution >= 4 is 24.0 Å². The Labute approximate surface area is 145 Å². The van der Waals surface area contributed by atoms with Crippen LogP contribution < -0.4 is 4.74 Å². The van der Waals surface area contributed by atoms with Crippen LogP contribution in [0.15, 0.2) is 24.3 Å². The lowest BCUT2D eigenvalue weighted by Gasteiger charge is -2.28. The summed E-state index contributed by atoms with van der Waals surface area (Å²) in [5, 5.41) is 8.70. The van der Waals surface area contributed by atoms with Gasteiger partial charge in [0, 0.05) is 18.1 Å². The molecule has 1 atom stereocenters. The van der Waals surface area contributed by atoms with E-state index in [1.807, 2.05) is 0 Å². The van der Waals surface area contributed by atoms with Crippen molar-refractivity contribution in [2.24, 2.45) is 0 Å². The van der Waals surface area contributed by atoms with Gasteiger partial charge < -0.3 is 19.3 Å². The summed E-state index contributed by atoms with van der Waals surface area (Å²) in [5.41, 5.74) is -1.51. The van der Waals surface area contributed by atoms with Crippen LogP contribution in [-0.2, 0) is 30.3 Å². The molecule has 134 valence electrons. The number of esters is 2. The van der Waals surface area contributed by atoms with Crippen LogP contribution >= 0.6 is 0 Å². The molecule has 0 aliphatic carbocycles. The highest BCUT2D eigenvalue weighted by molar-refractivity contribution is 6.05. The number of carbonyl (C=O) groups is 3. The summed E-state index contributed by atoms with van der Waals surface area (Å²) in [5.74, 6) is -2.40. The number of ether oxygens (including phenoxy) is 3. The molecular weight excluding hydrogens is 328 g/mol. The predicted octanol–water partition coefficient (Wildman–Crippen LogP) is 1.97. The molecule has 1 unspecified atom stereocenters. The highest BCUT2D eigenvalue weighted by Gasteiger charge is 2.56. The van der Waals surface area contributed by atoms with E-state index in [4.69, 9.17) is 19.3 Å². The van der Waals surface area contributed by atoms with Crippen LogP contribution in [-0.4, -0.2) is 41.3 Å². The van der Waals surface area contributed by atoms with Crippen LogP contribution in [0.25, 0.3) is 6.08 Å². The first kappa shape index (κ1) is 18.5. The molecule has 0 fully saturated rings. The Morgan fingerprint density at radius 1 is 1.24 bits per heavy atom. The molecule has 1 N–H and O–H groups in total. The second-order valence-corrected chi connectivity index (χ2v) is 6.64. The van der Waals surface area contributed by atoms with Crippen molar-refractivity contribution in [2.45, 2.75) is 38.4 Å². The number of aliphatic carboxylic acids is 1. The summed E-state index contributed by atoms with van der Waals surface area (Å²) in [7, 11) is 1.17. The van der Waals surface area contributed by atoms with Gasteiger partial charge in [-0.05, 0) is 44.5 Å². The van der Waals surface area contributed by atoms with Crippen LogP contribution in [0.1, 0.15) is 31.9 Å². The number of fused-ring (bicyclic) bond motifs is 1. The number of methoxy groups -OCH3 is 1. The fraction of sp³-hybridized carbons (Fsp3) is 0.389. The number of carbonyl (C=O) groups excluding carboxylic acids is 2. The first-order valence-electron chi connectivity index (χ1n) is 7.62. The number of hydrogen-bond acceptors (Lipinski definition) is 6. The molecule has 2 rings (SSSR count). The molecule has 1 aliphatic rings. The van der Waals surface area contributed by atoms with Crippen LogP contribution in [0, 0.1) is 0 Å². The Balaban J connectivity index is 2.37. The smallest absolute Gasteiger partial charge is 0.363 e. The van der Waals surface area contributed by atoms with E-state index in [1.54, 1.807) is 39.0 Å². The van der Waals surface area contributed by atoms with E-state index in [2.05, 4.69) is 0 Å². The average Bonchev–Trinajstić information content (AvgIpc) is 2.90. The molecule has 0 aromatic heterocycles. The molecule has 0 saturated heterocycles. The predicted molar refractivity (Wildman–Crippen MR) is 88.0 cm³/mol. The molecule has 0 bridgehead atoms. The van der Waals surface area contributed by atoms with Gasteiger partial charge in [-0.25, -0.2) is 14.4 Å². The fourth-order valence-electron chi connectivity index (χ4n) is 2.44. The van der Waals surface area contributed by atoms with Crippen molar-refractivity contribution in [3.63, 3.8) is 0 Å². The number of carboxylic acid groups (broad SMARTS) is 1. The molecule has 0 amide bonds. The summed E-state index contributed by atoms with van der Waals surface area (Å²) in [6, 6.07) is 4.86. The van der Waals surface area contributed by atoms with Gasteiger partial charge in [0.1, 0.15) is 11.4 Å². The van der Waals surface area contributed by atoms with E-state index in [9.17, 15) is 14.4 Å². The normalized spacial score (nSPS) is 19.2. The summed E-state index contributed by atoms with van der Waals surface area (Å²) in [6.45, 7) is 5.06. The number of hydrogen-bond donors (Lipinski definition) is 1. The largest absolute Gasteiger partial charge is 0.478 e. The lowest BCUT2D eigenvalue weighted by atomic mass is 9.96. The van der Waals surface area contributed by atoms with Crippen LogP contribution in [0.2, 0.25) is 0 Å². The maximum absolute atomic E-state index is 12.6. The van der Waals surface area contributed by atoms with Crippen molar-refractivity contribution in [2.75, 3.05) is 7.11 Å². The number of rotatable bonds is 4. The Hall–Kier alpha value is -2.83. The van der Waals surface area contributed by atoms with Gasteiger partial charge in [-0.1, -0.05) is 6.07 Å². The van der Waals surface area contributed by atoms with Crippen molar-refractivity contribution < 1.29 is 33.7 Å². The van der Waals surface area contributed by atoms with E-state index in [0.717, 1.165) is 6.08 Å². The molecule has 1 aliphatic heterocycles. The van der Waals surface area contributed by atoms with Gasteiger partial charge in [-0.3, -0.25) is 0 Å². The average molecular weight is 348 g/mol. The molecule has 25 heavy (non-hydrogen) atoms. The minimum Gasteiger partial charge on any atom is -0.478 e. The van der Waals surface area contributed by atoms with Crippen LogP contribution in [0.3, 0.4) is 0 Å². The second kappa shape index (κ2) is 6.58.